The first-order valence-corrected chi connectivity index (χ1v) is 9.69. The number of hydrogen-bond acceptors (Lipinski definition) is 3. The van der Waals surface area contributed by atoms with Crippen LogP contribution < -0.4 is 4.90 Å². The van der Waals surface area contributed by atoms with Crippen molar-refractivity contribution < 1.29 is 14.0 Å². The van der Waals surface area contributed by atoms with Crippen LogP contribution in [0.25, 0.3) is 0 Å². The molecule has 0 aromatic heterocycles. The molecule has 0 saturated carbocycles. The van der Waals surface area contributed by atoms with Gasteiger partial charge in [0.25, 0.3) is 5.91 Å². The number of carbonyl (C=O) groups is 2. The van der Waals surface area contributed by atoms with Crippen LogP contribution in [0.5, 0.6) is 0 Å². The van der Waals surface area contributed by atoms with Gasteiger partial charge in [-0.15, -0.1) is 11.8 Å². The fourth-order valence-corrected chi connectivity index (χ4v) is 4.56. The number of hydrogen-bond donors (Lipinski definition) is 0. The maximum Gasteiger partial charge on any atom is 0.332 e. The summed E-state index contributed by atoms with van der Waals surface area (Å²) in [6, 6.07) is 11.2. The fourth-order valence-electron chi connectivity index (χ4n) is 3.52. The van der Waals surface area contributed by atoms with Gasteiger partial charge in [0.2, 0.25) is 0 Å². The highest BCUT2D eigenvalue weighted by Crippen LogP contribution is 2.37. The maximum absolute atomic E-state index is 14.3. The van der Waals surface area contributed by atoms with Crippen molar-refractivity contribution in [3.8, 4) is 0 Å². The second-order valence-electron chi connectivity index (χ2n) is 6.84. The second-order valence-corrected chi connectivity index (χ2v) is 7.89. The minimum atomic E-state index is -0.583. The lowest BCUT2D eigenvalue weighted by atomic mass is 10.0. The lowest BCUT2D eigenvalue weighted by Crippen LogP contribution is -2.62. The van der Waals surface area contributed by atoms with E-state index in [0.717, 1.165) is 21.6 Å². The van der Waals surface area contributed by atoms with Crippen molar-refractivity contribution in [2.45, 2.75) is 31.7 Å². The summed E-state index contributed by atoms with van der Waals surface area (Å²) in [5.74, 6) is -0.956. The minimum absolute atomic E-state index is 0.00409. The summed E-state index contributed by atoms with van der Waals surface area (Å²) in [5, 5.41) is 1.40. The Labute approximate surface area is 161 Å². The van der Waals surface area contributed by atoms with Crippen LogP contribution in [0.15, 0.2) is 53.9 Å². The molecule has 1 fully saturated rings. The van der Waals surface area contributed by atoms with Gasteiger partial charge in [-0.3, -0.25) is 4.79 Å². The first kappa shape index (κ1) is 17.8. The smallest absolute Gasteiger partial charge is 0.312 e. The van der Waals surface area contributed by atoms with E-state index >= 15 is 0 Å². The van der Waals surface area contributed by atoms with Gasteiger partial charge in [-0.25, -0.2) is 14.1 Å². The summed E-state index contributed by atoms with van der Waals surface area (Å²) in [5.41, 5.74) is 3.21. The first-order chi connectivity index (χ1) is 13.0. The molecule has 2 aliphatic heterocycles. The third-order valence-corrected chi connectivity index (χ3v) is 6.10. The molecular formula is C21H19FN2O2S. The highest BCUT2D eigenvalue weighted by Gasteiger charge is 2.48. The summed E-state index contributed by atoms with van der Waals surface area (Å²) in [4.78, 5) is 28.8. The number of fused-ring (bicyclic) bond motifs is 1. The Hall–Kier alpha value is -2.60. The average Bonchev–Trinajstić information content (AvgIpc) is 3.13. The van der Waals surface area contributed by atoms with Crippen molar-refractivity contribution in [2.75, 3.05) is 4.90 Å². The number of halogens is 1. The number of aryl methyl sites for hydroxylation is 2. The van der Waals surface area contributed by atoms with Crippen LogP contribution in [0.4, 0.5) is 14.9 Å². The number of amides is 3. The van der Waals surface area contributed by atoms with Crippen molar-refractivity contribution in [3.05, 3.63) is 76.5 Å². The number of urea groups is 1. The van der Waals surface area contributed by atoms with E-state index in [1.165, 1.54) is 23.9 Å². The quantitative estimate of drug-likeness (QED) is 0.790. The third-order valence-electron chi connectivity index (χ3n) is 5.01. The van der Waals surface area contributed by atoms with Crippen LogP contribution in [0.2, 0.25) is 0 Å². The lowest BCUT2D eigenvalue weighted by Gasteiger charge is -2.41. The highest BCUT2D eigenvalue weighted by atomic mass is 32.2. The van der Waals surface area contributed by atoms with Gasteiger partial charge in [0, 0.05) is 6.54 Å². The predicted octanol–water partition coefficient (Wildman–Crippen LogP) is 4.41. The number of rotatable bonds is 3. The van der Waals surface area contributed by atoms with E-state index < -0.39 is 17.1 Å². The van der Waals surface area contributed by atoms with Gasteiger partial charge >= 0.3 is 6.03 Å². The van der Waals surface area contributed by atoms with Crippen LogP contribution in [0, 0.1) is 19.7 Å². The van der Waals surface area contributed by atoms with Crippen LogP contribution in [-0.2, 0) is 11.3 Å². The molecule has 6 heteroatoms. The average molecular weight is 382 g/mol. The lowest BCUT2D eigenvalue weighted by molar-refractivity contribution is -0.119. The van der Waals surface area contributed by atoms with Crippen molar-refractivity contribution >= 4 is 29.4 Å². The number of anilines is 1. The SMILES string of the molecule is Cc1ccc(C)c(CN2C(=O)N(c3ccccc3F)C(=O)C3SC=CC32)c1. The largest absolute Gasteiger partial charge is 0.332 e. The molecule has 2 unspecified atom stereocenters. The van der Waals surface area contributed by atoms with Gasteiger partial charge < -0.3 is 4.90 Å². The fraction of sp³-hybridized carbons (Fsp3) is 0.238. The summed E-state index contributed by atoms with van der Waals surface area (Å²) >= 11 is 1.37. The zero-order valence-corrected chi connectivity index (χ0v) is 15.9. The Morgan fingerprint density at radius 1 is 1.11 bits per heavy atom. The monoisotopic (exact) mass is 382 g/mol. The number of thioether (sulfide) groups is 1. The molecule has 2 atom stereocenters. The first-order valence-electron chi connectivity index (χ1n) is 8.75. The Kier molecular flexibility index (Phi) is 4.52. The van der Waals surface area contributed by atoms with Crippen LogP contribution in [0.3, 0.4) is 0 Å². The molecule has 4 rings (SSSR count). The summed E-state index contributed by atoms with van der Waals surface area (Å²) in [6.45, 7) is 4.38. The van der Waals surface area contributed by atoms with Gasteiger partial charge in [-0.1, -0.05) is 42.0 Å². The van der Waals surface area contributed by atoms with E-state index in [4.69, 9.17) is 0 Å². The van der Waals surface area contributed by atoms with Crippen LogP contribution >= 0.6 is 11.8 Å². The van der Waals surface area contributed by atoms with Gasteiger partial charge in [0.15, 0.2) is 0 Å². The maximum atomic E-state index is 14.3. The molecule has 4 nitrogen and oxygen atoms in total. The normalized spacial score (nSPS) is 21.7. The van der Waals surface area contributed by atoms with E-state index in [1.54, 1.807) is 17.0 Å². The zero-order valence-electron chi connectivity index (χ0n) is 15.1. The Bertz CT molecular complexity index is 959. The standard InChI is InChI=1S/C21H19FN2O2S/c1-13-7-8-14(2)15(11-13)12-23-18-9-10-27-19(18)20(25)24(21(23)26)17-6-4-3-5-16(17)22/h3-11,18-19H,12H2,1-2H3. The molecular weight excluding hydrogens is 363 g/mol. The number of imide groups is 1. The van der Waals surface area contributed by atoms with E-state index in [0.29, 0.717) is 6.54 Å². The summed E-state index contributed by atoms with van der Waals surface area (Å²) in [7, 11) is 0. The van der Waals surface area contributed by atoms with Gasteiger partial charge in [0.1, 0.15) is 11.1 Å². The summed E-state index contributed by atoms with van der Waals surface area (Å²) < 4.78 is 14.3. The third kappa shape index (κ3) is 3.04. The molecule has 3 amide bonds. The van der Waals surface area contributed by atoms with Crippen molar-refractivity contribution in [3.63, 3.8) is 0 Å². The predicted molar refractivity (Wildman–Crippen MR) is 105 cm³/mol. The van der Waals surface area contributed by atoms with E-state index in [-0.39, 0.29) is 17.6 Å². The minimum Gasteiger partial charge on any atom is -0.312 e. The molecule has 27 heavy (non-hydrogen) atoms. The van der Waals surface area contributed by atoms with Gasteiger partial charge in [0.05, 0.1) is 11.7 Å². The second kappa shape index (κ2) is 6.85. The zero-order chi connectivity index (χ0) is 19.1. The molecule has 2 aromatic carbocycles. The Morgan fingerprint density at radius 3 is 2.67 bits per heavy atom. The molecule has 0 radical (unpaired) electrons. The molecule has 0 bridgehead atoms. The highest BCUT2D eigenvalue weighted by molar-refractivity contribution is 8.03. The Balaban J connectivity index is 1.75. The molecule has 2 aliphatic rings. The number of benzene rings is 2. The number of para-hydroxylation sites is 1. The van der Waals surface area contributed by atoms with E-state index in [9.17, 15) is 14.0 Å². The molecule has 0 N–H and O–H groups in total. The number of carbonyl (C=O) groups excluding carboxylic acids is 2. The molecule has 0 aliphatic carbocycles. The molecule has 138 valence electrons. The van der Waals surface area contributed by atoms with Gasteiger partial charge in [-0.2, -0.15) is 0 Å². The Morgan fingerprint density at radius 2 is 1.89 bits per heavy atom. The van der Waals surface area contributed by atoms with Gasteiger partial charge in [-0.05, 0) is 42.5 Å². The number of nitrogens with zero attached hydrogens (tertiary/aromatic N) is 2. The molecule has 0 spiro atoms. The van der Waals surface area contributed by atoms with E-state index in [2.05, 4.69) is 0 Å². The van der Waals surface area contributed by atoms with Crippen molar-refractivity contribution in [2.24, 2.45) is 0 Å². The summed E-state index contributed by atoms with van der Waals surface area (Å²) in [6.07, 6.45) is 1.88. The van der Waals surface area contributed by atoms with E-state index in [1.807, 2.05) is 43.5 Å². The topological polar surface area (TPSA) is 40.6 Å². The van der Waals surface area contributed by atoms with Crippen LogP contribution in [0.1, 0.15) is 16.7 Å². The molecule has 2 aromatic rings. The van der Waals surface area contributed by atoms with Crippen molar-refractivity contribution in [1.82, 2.24) is 4.90 Å². The molecule has 1 saturated heterocycles. The van der Waals surface area contributed by atoms with Crippen molar-refractivity contribution in [1.29, 1.82) is 0 Å². The van der Waals surface area contributed by atoms with Crippen LogP contribution in [-0.4, -0.2) is 28.1 Å². The molecule has 2 heterocycles.